The van der Waals surface area contributed by atoms with Crippen molar-refractivity contribution in [2.45, 2.75) is 32.2 Å². The van der Waals surface area contributed by atoms with E-state index in [4.69, 9.17) is 15.0 Å². The Bertz CT molecular complexity index is 1550. The number of hydrogen-bond donors (Lipinski definition) is 0. The number of anilines is 1. The Morgan fingerprint density at radius 3 is 2.61 bits per heavy atom. The fourth-order valence-electron chi connectivity index (χ4n) is 5.98. The predicted octanol–water partition coefficient (Wildman–Crippen LogP) is 5.59. The lowest BCUT2D eigenvalue weighted by atomic mass is 10.1. The zero-order valence-electron chi connectivity index (χ0n) is 20.6. The zero-order valence-corrected chi connectivity index (χ0v) is 20.6. The summed E-state index contributed by atoms with van der Waals surface area (Å²) in [6.07, 6.45) is 10.0. The van der Waals surface area contributed by atoms with Crippen LogP contribution in [0, 0.1) is 6.92 Å². The summed E-state index contributed by atoms with van der Waals surface area (Å²) in [5, 5.41) is 1.14. The maximum atomic E-state index is 4.85. The van der Waals surface area contributed by atoms with Gasteiger partial charge in [-0.15, -0.1) is 0 Å². The topological polar surface area (TPSA) is 49.6 Å². The van der Waals surface area contributed by atoms with Crippen molar-refractivity contribution in [2.75, 3.05) is 31.1 Å². The van der Waals surface area contributed by atoms with Crippen LogP contribution >= 0.6 is 0 Å². The van der Waals surface area contributed by atoms with E-state index in [1.54, 1.807) is 0 Å². The summed E-state index contributed by atoms with van der Waals surface area (Å²) in [4.78, 5) is 19.4. The molecule has 6 heterocycles. The molecule has 36 heavy (non-hydrogen) atoms. The lowest BCUT2D eigenvalue weighted by Gasteiger charge is -2.24. The second-order valence-electron chi connectivity index (χ2n) is 10.2. The second kappa shape index (κ2) is 8.71. The van der Waals surface area contributed by atoms with Gasteiger partial charge in [-0.1, -0.05) is 18.2 Å². The minimum atomic E-state index is 0.687. The molecule has 0 spiro atoms. The molecule has 1 unspecified atom stereocenters. The number of para-hydroxylation sites is 1. The first-order chi connectivity index (χ1) is 17.7. The van der Waals surface area contributed by atoms with Crippen molar-refractivity contribution in [3.05, 3.63) is 78.9 Å². The molecule has 180 valence electrons. The Morgan fingerprint density at radius 2 is 1.75 bits per heavy atom. The number of fused-ring (bicyclic) bond motifs is 2. The fraction of sp³-hybridized carbons (Fsp3) is 0.300. The number of pyridine rings is 3. The highest BCUT2D eigenvalue weighted by molar-refractivity contribution is 5.94. The molecule has 1 atom stereocenters. The van der Waals surface area contributed by atoms with Crippen molar-refractivity contribution < 1.29 is 0 Å². The van der Waals surface area contributed by atoms with E-state index >= 15 is 0 Å². The van der Waals surface area contributed by atoms with Crippen molar-refractivity contribution >= 4 is 22.4 Å². The largest absolute Gasteiger partial charge is 0.355 e. The maximum absolute atomic E-state index is 4.85. The number of nitrogens with zero attached hydrogens (tertiary/aromatic N) is 6. The standard InChI is InChI=1S/C30H30N6/c1-21-16-26(25-6-2-3-7-27(25)33-21)28-19-32-30-17-22(10-15-36(28)30)23-8-9-29(31-18-23)35-14-11-24(20-35)34-12-4-5-13-34/h2-3,6-10,15-19,24H,4-5,11-14,20H2,1H3. The fourth-order valence-corrected chi connectivity index (χ4v) is 5.98. The molecule has 5 aromatic rings. The molecule has 0 N–H and O–H groups in total. The summed E-state index contributed by atoms with van der Waals surface area (Å²) < 4.78 is 2.16. The molecule has 0 radical (unpaired) electrons. The molecule has 4 aromatic heterocycles. The molecular formula is C30H30N6. The van der Waals surface area contributed by atoms with Gasteiger partial charge in [0.05, 0.1) is 17.4 Å². The molecule has 2 saturated heterocycles. The molecule has 2 aliphatic rings. The van der Waals surface area contributed by atoms with E-state index in [0.717, 1.165) is 63.5 Å². The molecule has 0 bridgehead atoms. The van der Waals surface area contributed by atoms with Gasteiger partial charge in [0, 0.05) is 53.7 Å². The highest BCUT2D eigenvalue weighted by Crippen LogP contribution is 2.31. The van der Waals surface area contributed by atoms with Gasteiger partial charge < -0.3 is 4.90 Å². The molecule has 0 aliphatic carbocycles. The number of benzene rings is 1. The van der Waals surface area contributed by atoms with Crippen molar-refractivity contribution in [1.29, 1.82) is 0 Å². The van der Waals surface area contributed by atoms with E-state index in [-0.39, 0.29) is 0 Å². The van der Waals surface area contributed by atoms with Crippen LogP contribution in [0.3, 0.4) is 0 Å². The van der Waals surface area contributed by atoms with Crippen LogP contribution in [-0.2, 0) is 0 Å². The van der Waals surface area contributed by atoms with Crippen LogP contribution in [0.15, 0.2) is 73.2 Å². The summed E-state index contributed by atoms with van der Waals surface area (Å²) >= 11 is 0. The molecule has 7 rings (SSSR count). The van der Waals surface area contributed by atoms with E-state index in [9.17, 15) is 0 Å². The molecule has 2 fully saturated rings. The van der Waals surface area contributed by atoms with E-state index < -0.39 is 0 Å². The van der Waals surface area contributed by atoms with Gasteiger partial charge in [-0.2, -0.15) is 0 Å². The number of rotatable bonds is 4. The van der Waals surface area contributed by atoms with Crippen LogP contribution in [0.4, 0.5) is 5.82 Å². The van der Waals surface area contributed by atoms with Crippen molar-refractivity contribution in [1.82, 2.24) is 24.3 Å². The molecule has 0 amide bonds. The maximum Gasteiger partial charge on any atom is 0.137 e. The van der Waals surface area contributed by atoms with Crippen LogP contribution in [0.5, 0.6) is 0 Å². The Hall–Kier alpha value is -3.77. The quantitative estimate of drug-likeness (QED) is 0.340. The molecule has 6 heteroatoms. The van der Waals surface area contributed by atoms with Crippen LogP contribution in [0.2, 0.25) is 0 Å². The predicted molar refractivity (Wildman–Crippen MR) is 145 cm³/mol. The average Bonchev–Trinajstić information content (AvgIpc) is 3.69. The third kappa shape index (κ3) is 3.73. The first kappa shape index (κ1) is 21.5. The number of hydrogen-bond acceptors (Lipinski definition) is 5. The monoisotopic (exact) mass is 474 g/mol. The van der Waals surface area contributed by atoms with E-state index in [2.05, 4.69) is 68.9 Å². The van der Waals surface area contributed by atoms with Crippen LogP contribution in [0.25, 0.3) is 38.9 Å². The normalized spacial score (nSPS) is 18.6. The number of aromatic nitrogens is 4. The summed E-state index contributed by atoms with van der Waals surface area (Å²) in [7, 11) is 0. The van der Waals surface area contributed by atoms with Gasteiger partial charge in [0.2, 0.25) is 0 Å². The summed E-state index contributed by atoms with van der Waals surface area (Å²) in [6.45, 7) is 6.76. The minimum absolute atomic E-state index is 0.687. The molecular weight excluding hydrogens is 444 g/mol. The van der Waals surface area contributed by atoms with Crippen molar-refractivity contribution in [3.63, 3.8) is 0 Å². The SMILES string of the molecule is Cc1cc(-c2cnc3cc(-c4ccc(N5CCC(N6CCCC6)C5)nc4)ccn23)c2ccccc2n1. The van der Waals surface area contributed by atoms with Crippen molar-refractivity contribution in [2.24, 2.45) is 0 Å². The number of imidazole rings is 1. The third-order valence-corrected chi connectivity index (χ3v) is 7.86. The number of likely N-dealkylation sites (tertiary alicyclic amines) is 1. The van der Waals surface area contributed by atoms with E-state index in [1.165, 1.54) is 32.4 Å². The van der Waals surface area contributed by atoms with Gasteiger partial charge in [-0.25, -0.2) is 9.97 Å². The first-order valence-electron chi connectivity index (χ1n) is 13.0. The van der Waals surface area contributed by atoms with Gasteiger partial charge in [0.1, 0.15) is 11.5 Å². The molecule has 0 saturated carbocycles. The average molecular weight is 475 g/mol. The Balaban J connectivity index is 1.16. The summed E-state index contributed by atoms with van der Waals surface area (Å²) in [6, 6.07) is 19.8. The Morgan fingerprint density at radius 1 is 0.861 bits per heavy atom. The van der Waals surface area contributed by atoms with Crippen molar-refractivity contribution in [3.8, 4) is 22.4 Å². The second-order valence-corrected chi connectivity index (χ2v) is 10.2. The number of aryl methyl sites for hydroxylation is 1. The molecule has 2 aliphatic heterocycles. The lowest BCUT2D eigenvalue weighted by molar-refractivity contribution is 0.260. The first-order valence-corrected chi connectivity index (χ1v) is 13.0. The minimum Gasteiger partial charge on any atom is -0.355 e. The Labute approximate surface area is 211 Å². The molecule has 6 nitrogen and oxygen atoms in total. The van der Waals surface area contributed by atoms with Crippen LogP contribution < -0.4 is 4.90 Å². The van der Waals surface area contributed by atoms with Gasteiger partial charge in [-0.05, 0) is 81.2 Å². The van der Waals surface area contributed by atoms with Gasteiger partial charge in [0.25, 0.3) is 0 Å². The van der Waals surface area contributed by atoms with Gasteiger partial charge >= 0.3 is 0 Å². The summed E-state index contributed by atoms with van der Waals surface area (Å²) in [5.74, 6) is 1.09. The smallest absolute Gasteiger partial charge is 0.137 e. The zero-order chi connectivity index (χ0) is 24.1. The summed E-state index contributed by atoms with van der Waals surface area (Å²) in [5.41, 5.74) is 7.42. The third-order valence-electron chi connectivity index (χ3n) is 7.86. The highest BCUT2D eigenvalue weighted by Gasteiger charge is 2.29. The van der Waals surface area contributed by atoms with Crippen LogP contribution in [-0.4, -0.2) is 56.5 Å². The van der Waals surface area contributed by atoms with Crippen LogP contribution in [0.1, 0.15) is 25.0 Å². The van der Waals surface area contributed by atoms with Gasteiger partial charge in [-0.3, -0.25) is 14.3 Å². The lowest BCUT2D eigenvalue weighted by Crippen LogP contribution is -2.35. The highest BCUT2D eigenvalue weighted by atomic mass is 15.3. The van der Waals surface area contributed by atoms with Gasteiger partial charge in [0.15, 0.2) is 0 Å². The van der Waals surface area contributed by atoms with E-state index in [1.807, 2.05) is 25.4 Å². The Kier molecular flexibility index (Phi) is 5.21. The van der Waals surface area contributed by atoms with E-state index in [0.29, 0.717) is 6.04 Å². The molecule has 1 aromatic carbocycles.